The quantitative estimate of drug-likeness (QED) is 0.884. The number of aromatic nitrogens is 2. The second kappa shape index (κ2) is 5.26. The molecule has 0 bridgehead atoms. The molecule has 0 aliphatic carbocycles. The topological polar surface area (TPSA) is 71.8 Å². The summed E-state index contributed by atoms with van der Waals surface area (Å²) in [5.74, 6) is 0.952. The normalized spacial score (nSPS) is 10.7. The van der Waals surface area contributed by atoms with Gasteiger partial charge in [0.15, 0.2) is 0 Å². The van der Waals surface area contributed by atoms with Gasteiger partial charge < -0.3 is 10.7 Å². The van der Waals surface area contributed by atoms with Crippen LogP contribution in [0.5, 0.6) is 0 Å². The Morgan fingerprint density at radius 2 is 2.00 bits per heavy atom. The first-order valence-corrected chi connectivity index (χ1v) is 6.45. The van der Waals surface area contributed by atoms with E-state index in [1.807, 2.05) is 13.0 Å². The van der Waals surface area contributed by atoms with Gasteiger partial charge in [0, 0.05) is 6.42 Å². The molecule has 0 aliphatic heterocycles. The molecule has 0 radical (unpaired) electrons. The van der Waals surface area contributed by atoms with Crippen LogP contribution in [0.2, 0.25) is 0 Å². The number of anilines is 1. The molecule has 2 aromatic rings. The third-order valence-electron chi connectivity index (χ3n) is 3.39. The minimum Gasteiger partial charge on any atom is -0.383 e. The molecule has 0 saturated carbocycles. The number of aromatic amines is 1. The van der Waals surface area contributed by atoms with E-state index in [0.717, 1.165) is 5.56 Å². The first-order chi connectivity index (χ1) is 9.01. The Labute approximate surface area is 112 Å². The molecule has 100 valence electrons. The van der Waals surface area contributed by atoms with Crippen LogP contribution >= 0.6 is 0 Å². The van der Waals surface area contributed by atoms with Crippen LogP contribution in [0, 0.1) is 13.8 Å². The van der Waals surface area contributed by atoms with Crippen molar-refractivity contribution in [2.45, 2.75) is 33.6 Å². The van der Waals surface area contributed by atoms with Gasteiger partial charge in [-0.05, 0) is 37.0 Å². The Hall–Kier alpha value is -2.10. The molecule has 0 atom stereocenters. The second-order valence-corrected chi connectivity index (χ2v) is 4.83. The standard InChI is InChI=1S/C15H19N3O/c1-4-12-14(16)17-13(18-15(12)19)8-11-6-5-9(2)10(3)7-11/h5-7H,4,8H2,1-3H3,(H3,16,17,18,19). The van der Waals surface area contributed by atoms with Crippen molar-refractivity contribution < 1.29 is 0 Å². The van der Waals surface area contributed by atoms with Crippen LogP contribution in [0.3, 0.4) is 0 Å². The van der Waals surface area contributed by atoms with Gasteiger partial charge in [0.05, 0.1) is 5.56 Å². The van der Waals surface area contributed by atoms with Crippen LogP contribution < -0.4 is 11.3 Å². The molecule has 0 saturated heterocycles. The molecular weight excluding hydrogens is 238 g/mol. The van der Waals surface area contributed by atoms with Crippen molar-refractivity contribution in [3.8, 4) is 0 Å². The molecule has 0 aliphatic rings. The highest BCUT2D eigenvalue weighted by molar-refractivity contribution is 5.38. The molecule has 4 heteroatoms. The summed E-state index contributed by atoms with van der Waals surface area (Å²) in [4.78, 5) is 18.9. The lowest BCUT2D eigenvalue weighted by Gasteiger charge is -2.07. The highest BCUT2D eigenvalue weighted by Gasteiger charge is 2.07. The first-order valence-electron chi connectivity index (χ1n) is 6.45. The third kappa shape index (κ3) is 2.84. The lowest BCUT2D eigenvalue weighted by Crippen LogP contribution is -2.19. The van der Waals surface area contributed by atoms with Crippen molar-refractivity contribution in [3.63, 3.8) is 0 Å². The van der Waals surface area contributed by atoms with E-state index >= 15 is 0 Å². The van der Waals surface area contributed by atoms with E-state index in [1.165, 1.54) is 11.1 Å². The van der Waals surface area contributed by atoms with E-state index in [0.29, 0.717) is 30.0 Å². The van der Waals surface area contributed by atoms with Gasteiger partial charge >= 0.3 is 0 Å². The van der Waals surface area contributed by atoms with Crippen LogP contribution in [0.4, 0.5) is 5.82 Å². The fourth-order valence-corrected chi connectivity index (χ4v) is 2.10. The number of nitrogens with zero attached hydrogens (tertiary/aromatic N) is 1. The summed E-state index contributed by atoms with van der Waals surface area (Å²) < 4.78 is 0. The molecule has 3 N–H and O–H groups in total. The molecule has 1 aromatic heterocycles. The van der Waals surface area contributed by atoms with E-state index < -0.39 is 0 Å². The summed E-state index contributed by atoms with van der Waals surface area (Å²) in [6.45, 7) is 6.04. The number of hydrogen-bond donors (Lipinski definition) is 2. The molecule has 2 rings (SSSR count). The van der Waals surface area contributed by atoms with Crippen LogP contribution in [0.15, 0.2) is 23.0 Å². The van der Waals surface area contributed by atoms with Crippen LogP contribution in [-0.4, -0.2) is 9.97 Å². The van der Waals surface area contributed by atoms with E-state index in [4.69, 9.17) is 5.73 Å². The molecule has 0 spiro atoms. The van der Waals surface area contributed by atoms with Crippen molar-refractivity contribution in [2.24, 2.45) is 0 Å². The zero-order valence-electron chi connectivity index (χ0n) is 11.6. The fourth-order valence-electron chi connectivity index (χ4n) is 2.10. The molecule has 4 nitrogen and oxygen atoms in total. The summed E-state index contributed by atoms with van der Waals surface area (Å²) in [6, 6.07) is 6.23. The van der Waals surface area contributed by atoms with E-state index in [2.05, 4.69) is 35.9 Å². The number of aryl methyl sites for hydroxylation is 2. The smallest absolute Gasteiger partial charge is 0.256 e. The van der Waals surface area contributed by atoms with Crippen LogP contribution in [0.1, 0.15) is 35.0 Å². The number of nitrogens with two attached hydrogens (primary N) is 1. The number of rotatable bonds is 3. The van der Waals surface area contributed by atoms with E-state index in [9.17, 15) is 4.79 Å². The predicted molar refractivity (Wildman–Crippen MR) is 77.4 cm³/mol. The van der Waals surface area contributed by atoms with Gasteiger partial charge in [0.2, 0.25) is 0 Å². The number of benzene rings is 1. The summed E-state index contributed by atoms with van der Waals surface area (Å²) in [7, 11) is 0. The Kier molecular flexibility index (Phi) is 3.69. The maximum atomic E-state index is 11.8. The number of H-pyrrole nitrogens is 1. The molecule has 0 amide bonds. The molecule has 19 heavy (non-hydrogen) atoms. The lowest BCUT2D eigenvalue weighted by atomic mass is 10.0. The fraction of sp³-hybridized carbons (Fsp3) is 0.333. The molecule has 1 heterocycles. The Morgan fingerprint density at radius 1 is 1.26 bits per heavy atom. The SMILES string of the molecule is CCc1c(N)nc(Cc2ccc(C)c(C)c2)[nH]c1=O. The van der Waals surface area contributed by atoms with Crippen molar-refractivity contribution >= 4 is 5.82 Å². The van der Waals surface area contributed by atoms with E-state index in [-0.39, 0.29) is 5.56 Å². The second-order valence-electron chi connectivity index (χ2n) is 4.83. The lowest BCUT2D eigenvalue weighted by molar-refractivity contribution is 0.915. The molecule has 0 fully saturated rings. The van der Waals surface area contributed by atoms with Gasteiger partial charge in [-0.15, -0.1) is 0 Å². The third-order valence-corrected chi connectivity index (χ3v) is 3.39. The van der Waals surface area contributed by atoms with Crippen molar-refractivity contribution in [2.75, 3.05) is 5.73 Å². The number of nitrogen functional groups attached to an aromatic ring is 1. The number of nitrogens with one attached hydrogen (secondary N) is 1. The summed E-state index contributed by atoms with van der Waals surface area (Å²) in [5.41, 5.74) is 9.85. The van der Waals surface area contributed by atoms with Gasteiger partial charge in [-0.2, -0.15) is 0 Å². The van der Waals surface area contributed by atoms with Crippen LogP contribution in [-0.2, 0) is 12.8 Å². The van der Waals surface area contributed by atoms with Crippen molar-refractivity contribution in [3.05, 3.63) is 56.6 Å². The van der Waals surface area contributed by atoms with Gasteiger partial charge in [0.1, 0.15) is 11.6 Å². The maximum Gasteiger partial charge on any atom is 0.256 e. The summed E-state index contributed by atoms with van der Waals surface area (Å²) in [6.07, 6.45) is 1.18. The molecular formula is C15H19N3O. The van der Waals surface area contributed by atoms with Gasteiger partial charge in [0.25, 0.3) is 5.56 Å². The van der Waals surface area contributed by atoms with Gasteiger partial charge in [-0.3, -0.25) is 4.79 Å². The largest absolute Gasteiger partial charge is 0.383 e. The molecule has 1 aromatic carbocycles. The minimum absolute atomic E-state index is 0.131. The minimum atomic E-state index is -0.131. The van der Waals surface area contributed by atoms with E-state index in [1.54, 1.807) is 0 Å². The average Bonchev–Trinajstić information content (AvgIpc) is 2.33. The zero-order valence-corrected chi connectivity index (χ0v) is 11.6. The average molecular weight is 257 g/mol. The summed E-state index contributed by atoms with van der Waals surface area (Å²) in [5, 5.41) is 0. The first kappa shape index (κ1) is 13.3. The van der Waals surface area contributed by atoms with Gasteiger partial charge in [-0.25, -0.2) is 4.98 Å². The highest BCUT2D eigenvalue weighted by Crippen LogP contribution is 2.13. The highest BCUT2D eigenvalue weighted by atomic mass is 16.1. The van der Waals surface area contributed by atoms with Gasteiger partial charge in [-0.1, -0.05) is 25.1 Å². The molecule has 0 unspecified atom stereocenters. The Morgan fingerprint density at radius 3 is 2.58 bits per heavy atom. The Balaban J connectivity index is 2.33. The number of hydrogen-bond acceptors (Lipinski definition) is 3. The predicted octanol–water partition coefficient (Wildman–Crippen LogP) is 2.12. The summed E-state index contributed by atoms with van der Waals surface area (Å²) >= 11 is 0. The maximum absolute atomic E-state index is 11.8. The van der Waals surface area contributed by atoms with Crippen LogP contribution in [0.25, 0.3) is 0 Å². The Bertz CT molecular complexity index is 659. The monoisotopic (exact) mass is 257 g/mol. The van der Waals surface area contributed by atoms with Crippen molar-refractivity contribution in [1.29, 1.82) is 0 Å². The zero-order chi connectivity index (χ0) is 14.0. The van der Waals surface area contributed by atoms with Crippen molar-refractivity contribution in [1.82, 2.24) is 9.97 Å².